The number of alkyl halides is 3. The number of aromatic nitrogens is 2. The van der Waals surface area contributed by atoms with Gasteiger partial charge in [-0.3, -0.25) is 4.68 Å². The second kappa shape index (κ2) is 5.89. The van der Waals surface area contributed by atoms with Crippen LogP contribution in [0.1, 0.15) is 42.6 Å². The zero-order valence-corrected chi connectivity index (χ0v) is 12.1. The number of aryl methyl sites for hydroxylation is 1. The molecule has 0 spiro atoms. The van der Waals surface area contributed by atoms with E-state index in [0.29, 0.717) is 0 Å². The Kier molecular flexibility index (Phi) is 4.37. The number of halogens is 3. The smallest absolute Gasteiger partial charge is 0.304 e. The van der Waals surface area contributed by atoms with Gasteiger partial charge in [-0.15, -0.1) is 0 Å². The van der Waals surface area contributed by atoms with Crippen molar-refractivity contribution in [3.63, 3.8) is 0 Å². The molecule has 0 fully saturated rings. The molecular weight excluding hydrogens is 279 g/mol. The summed E-state index contributed by atoms with van der Waals surface area (Å²) in [5, 5.41) is 7.46. The summed E-state index contributed by atoms with van der Waals surface area (Å²) in [6.45, 7) is 3.92. The molecule has 2 unspecified atom stereocenters. The lowest BCUT2D eigenvalue weighted by atomic mass is 10.0. The summed E-state index contributed by atoms with van der Waals surface area (Å²) in [6.07, 6.45) is -0.605. The number of hydrogen-bond acceptors (Lipinski definition) is 2. The summed E-state index contributed by atoms with van der Waals surface area (Å²) in [7, 11) is 1.84. The van der Waals surface area contributed by atoms with E-state index in [1.807, 2.05) is 27.1 Å². The Morgan fingerprint density at radius 3 is 2.10 bits per heavy atom. The maximum atomic E-state index is 12.5. The molecule has 0 aliphatic carbocycles. The molecule has 1 aromatic carbocycles. The standard InChI is InChI=1S/C15H18F3N3/c1-10(20-11(2)13-8-19-21(3)9-13)12-4-6-14(7-5-12)15(16,17)18/h4-11,20H,1-3H3. The average Bonchev–Trinajstić information content (AvgIpc) is 2.84. The molecule has 6 heteroatoms. The van der Waals surface area contributed by atoms with E-state index in [0.717, 1.165) is 23.3 Å². The van der Waals surface area contributed by atoms with Crippen LogP contribution in [0.5, 0.6) is 0 Å². The van der Waals surface area contributed by atoms with E-state index in [1.54, 1.807) is 10.9 Å². The Bertz CT molecular complexity index is 587. The van der Waals surface area contributed by atoms with Crippen LogP contribution in [0, 0.1) is 0 Å². The van der Waals surface area contributed by atoms with Gasteiger partial charge in [-0.1, -0.05) is 12.1 Å². The molecule has 1 N–H and O–H groups in total. The van der Waals surface area contributed by atoms with Crippen molar-refractivity contribution in [2.75, 3.05) is 0 Å². The average molecular weight is 297 g/mol. The highest BCUT2D eigenvalue weighted by atomic mass is 19.4. The Morgan fingerprint density at radius 2 is 1.62 bits per heavy atom. The van der Waals surface area contributed by atoms with Crippen molar-refractivity contribution in [1.82, 2.24) is 15.1 Å². The van der Waals surface area contributed by atoms with Crippen LogP contribution in [0.25, 0.3) is 0 Å². The van der Waals surface area contributed by atoms with Gasteiger partial charge >= 0.3 is 6.18 Å². The summed E-state index contributed by atoms with van der Waals surface area (Å²) in [5.74, 6) is 0. The van der Waals surface area contributed by atoms with E-state index in [9.17, 15) is 13.2 Å². The first-order valence-electron chi connectivity index (χ1n) is 6.69. The minimum absolute atomic E-state index is 0.0533. The molecule has 0 aliphatic rings. The van der Waals surface area contributed by atoms with Gasteiger partial charge in [0.1, 0.15) is 0 Å². The van der Waals surface area contributed by atoms with Crippen LogP contribution in [0.3, 0.4) is 0 Å². The van der Waals surface area contributed by atoms with Crippen molar-refractivity contribution < 1.29 is 13.2 Å². The quantitative estimate of drug-likeness (QED) is 0.929. The molecule has 0 saturated heterocycles. The second-order valence-corrected chi connectivity index (χ2v) is 5.18. The van der Waals surface area contributed by atoms with Crippen LogP contribution in [0.15, 0.2) is 36.7 Å². The second-order valence-electron chi connectivity index (χ2n) is 5.18. The van der Waals surface area contributed by atoms with E-state index in [1.165, 1.54) is 12.1 Å². The Morgan fingerprint density at radius 1 is 1.05 bits per heavy atom. The van der Waals surface area contributed by atoms with E-state index >= 15 is 0 Å². The summed E-state index contributed by atoms with van der Waals surface area (Å²) < 4.78 is 39.3. The third-order valence-electron chi connectivity index (χ3n) is 3.46. The van der Waals surface area contributed by atoms with Gasteiger partial charge in [0.2, 0.25) is 0 Å². The number of hydrogen-bond donors (Lipinski definition) is 1. The van der Waals surface area contributed by atoms with Crippen molar-refractivity contribution in [3.05, 3.63) is 53.3 Å². The first kappa shape index (κ1) is 15.6. The highest BCUT2D eigenvalue weighted by Crippen LogP contribution is 2.30. The van der Waals surface area contributed by atoms with Gasteiger partial charge in [0, 0.05) is 30.9 Å². The Hall–Kier alpha value is -1.82. The first-order chi connectivity index (χ1) is 9.77. The van der Waals surface area contributed by atoms with E-state index in [4.69, 9.17) is 0 Å². The fraction of sp³-hybridized carbons (Fsp3) is 0.400. The van der Waals surface area contributed by atoms with E-state index < -0.39 is 11.7 Å². The minimum Gasteiger partial charge on any atom is -0.304 e. The lowest BCUT2D eigenvalue weighted by Crippen LogP contribution is -2.22. The molecule has 1 heterocycles. The maximum absolute atomic E-state index is 12.5. The zero-order valence-electron chi connectivity index (χ0n) is 12.1. The molecule has 2 atom stereocenters. The van der Waals surface area contributed by atoms with Crippen molar-refractivity contribution in [2.45, 2.75) is 32.1 Å². The lowest BCUT2D eigenvalue weighted by molar-refractivity contribution is -0.137. The molecule has 0 saturated carbocycles. The number of benzene rings is 1. The van der Waals surface area contributed by atoms with Gasteiger partial charge in [-0.05, 0) is 31.5 Å². The van der Waals surface area contributed by atoms with E-state index in [2.05, 4.69) is 10.4 Å². The van der Waals surface area contributed by atoms with Crippen LogP contribution < -0.4 is 5.32 Å². The first-order valence-corrected chi connectivity index (χ1v) is 6.69. The fourth-order valence-electron chi connectivity index (χ4n) is 2.19. The van der Waals surface area contributed by atoms with Crippen molar-refractivity contribution in [2.24, 2.45) is 7.05 Å². The molecule has 21 heavy (non-hydrogen) atoms. The molecule has 1 aromatic heterocycles. The molecule has 2 rings (SSSR count). The van der Waals surface area contributed by atoms with Gasteiger partial charge in [-0.25, -0.2) is 0 Å². The summed E-state index contributed by atoms with van der Waals surface area (Å²) in [5.41, 5.74) is 1.23. The molecular formula is C15H18F3N3. The predicted molar refractivity (Wildman–Crippen MR) is 74.6 cm³/mol. The topological polar surface area (TPSA) is 29.9 Å². The van der Waals surface area contributed by atoms with Gasteiger partial charge < -0.3 is 5.32 Å². The van der Waals surface area contributed by atoms with Gasteiger partial charge in [0.15, 0.2) is 0 Å². The third kappa shape index (κ3) is 3.85. The largest absolute Gasteiger partial charge is 0.416 e. The number of nitrogens with zero attached hydrogens (tertiary/aromatic N) is 2. The molecule has 0 aliphatic heterocycles. The molecule has 3 nitrogen and oxygen atoms in total. The summed E-state index contributed by atoms with van der Waals surface area (Å²) in [4.78, 5) is 0. The minimum atomic E-state index is -4.29. The van der Waals surface area contributed by atoms with Crippen LogP contribution in [-0.2, 0) is 13.2 Å². The monoisotopic (exact) mass is 297 g/mol. The molecule has 0 radical (unpaired) electrons. The number of rotatable bonds is 4. The normalized spacial score (nSPS) is 15.0. The van der Waals surface area contributed by atoms with Crippen molar-refractivity contribution in [3.8, 4) is 0 Å². The Labute approximate surface area is 121 Å². The van der Waals surface area contributed by atoms with Gasteiger partial charge in [-0.2, -0.15) is 18.3 Å². The predicted octanol–water partition coefficient (Wildman–Crippen LogP) is 3.85. The summed E-state index contributed by atoms with van der Waals surface area (Å²) >= 11 is 0. The van der Waals surface area contributed by atoms with Crippen LogP contribution in [-0.4, -0.2) is 9.78 Å². The van der Waals surface area contributed by atoms with Gasteiger partial charge in [0.25, 0.3) is 0 Å². The molecule has 0 amide bonds. The molecule has 114 valence electrons. The zero-order chi connectivity index (χ0) is 15.6. The number of nitrogens with one attached hydrogen (secondary N) is 1. The lowest BCUT2D eigenvalue weighted by Gasteiger charge is -2.20. The maximum Gasteiger partial charge on any atom is 0.416 e. The highest BCUT2D eigenvalue weighted by Gasteiger charge is 2.30. The molecule has 2 aromatic rings. The van der Waals surface area contributed by atoms with E-state index in [-0.39, 0.29) is 12.1 Å². The van der Waals surface area contributed by atoms with Crippen LogP contribution >= 0.6 is 0 Å². The third-order valence-corrected chi connectivity index (χ3v) is 3.46. The van der Waals surface area contributed by atoms with Gasteiger partial charge in [0.05, 0.1) is 11.8 Å². The molecule has 0 bridgehead atoms. The van der Waals surface area contributed by atoms with Crippen molar-refractivity contribution in [1.29, 1.82) is 0 Å². The fourth-order valence-corrected chi connectivity index (χ4v) is 2.19. The van der Waals surface area contributed by atoms with Crippen LogP contribution in [0.4, 0.5) is 13.2 Å². The van der Waals surface area contributed by atoms with Crippen LogP contribution in [0.2, 0.25) is 0 Å². The highest BCUT2D eigenvalue weighted by molar-refractivity contribution is 5.26. The van der Waals surface area contributed by atoms with Crippen molar-refractivity contribution >= 4 is 0 Å². The SMILES string of the molecule is CC(NC(C)c1cnn(C)c1)c1ccc(C(F)(F)F)cc1. The summed E-state index contributed by atoms with van der Waals surface area (Å²) in [6, 6.07) is 5.26. The Balaban J connectivity index is 2.04.